The van der Waals surface area contributed by atoms with E-state index >= 15 is 0 Å². The second kappa shape index (κ2) is 11.4. The molecule has 0 radical (unpaired) electrons. The molecule has 49 heavy (non-hydrogen) atoms. The SMILES string of the molecule is COc1ccc([C@@H]2O[C@H](c3ccc(O)c(C)c3)[C@]3(CO3)[C@@]23CCC2=C(C3)[C@@H](c3ccc(O)c(OC)c3)O[C@H]2c2ccc(O)c(C)c2)cc1O. The summed E-state index contributed by atoms with van der Waals surface area (Å²) in [6, 6.07) is 21.9. The molecule has 4 aromatic rings. The Hall–Kier alpha value is -4.70. The molecule has 8 rings (SSSR count). The van der Waals surface area contributed by atoms with E-state index in [0.29, 0.717) is 30.9 Å². The second-order valence-electron chi connectivity index (χ2n) is 13.8. The van der Waals surface area contributed by atoms with Crippen LogP contribution in [-0.2, 0) is 14.2 Å². The third-order valence-corrected chi connectivity index (χ3v) is 11.2. The molecule has 0 amide bonds. The van der Waals surface area contributed by atoms with Gasteiger partial charge in [0.2, 0.25) is 0 Å². The quantitative estimate of drug-likeness (QED) is 0.121. The van der Waals surface area contributed by atoms with Gasteiger partial charge in [0.15, 0.2) is 23.0 Å². The molecule has 2 fully saturated rings. The summed E-state index contributed by atoms with van der Waals surface area (Å²) in [6.45, 7) is 4.25. The maximum atomic E-state index is 10.9. The summed E-state index contributed by atoms with van der Waals surface area (Å²) in [4.78, 5) is 0. The zero-order chi connectivity index (χ0) is 34.2. The molecule has 2 spiro atoms. The third-order valence-electron chi connectivity index (χ3n) is 11.2. The van der Waals surface area contributed by atoms with Crippen LogP contribution < -0.4 is 9.47 Å². The lowest BCUT2D eigenvalue weighted by molar-refractivity contribution is 0.00315. The number of aromatic hydroxyl groups is 4. The van der Waals surface area contributed by atoms with Gasteiger partial charge >= 0.3 is 0 Å². The molecule has 6 atom stereocenters. The fourth-order valence-corrected chi connectivity index (χ4v) is 8.60. The van der Waals surface area contributed by atoms with E-state index in [1.807, 2.05) is 56.3 Å². The first-order valence-electron chi connectivity index (χ1n) is 16.6. The lowest BCUT2D eigenvalue weighted by Gasteiger charge is -2.42. The Morgan fingerprint density at radius 1 is 0.612 bits per heavy atom. The van der Waals surface area contributed by atoms with Gasteiger partial charge in [0.05, 0.1) is 26.9 Å². The van der Waals surface area contributed by atoms with Gasteiger partial charge in [-0.05, 0) is 126 Å². The second-order valence-corrected chi connectivity index (χ2v) is 13.8. The Bertz CT molecular complexity index is 2000. The molecule has 0 saturated carbocycles. The van der Waals surface area contributed by atoms with Gasteiger partial charge in [0.1, 0.15) is 35.4 Å². The number of phenolic OH excluding ortho intramolecular Hbond substituents is 4. The third kappa shape index (κ3) is 4.78. The van der Waals surface area contributed by atoms with Crippen molar-refractivity contribution < 1.29 is 44.1 Å². The summed E-state index contributed by atoms with van der Waals surface area (Å²) in [7, 11) is 3.05. The summed E-state index contributed by atoms with van der Waals surface area (Å²) >= 11 is 0. The van der Waals surface area contributed by atoms with Gasteiger partial charge in [-0.2, -0.15) is 0 Å². The van der Waals surface area contributed by atoms with Gasteiger partial charge in [0.25, 0.3) is 0 Å². The van der Waals surface area contributed by atoms with E-state index in [1.54, 1.807) is 30.3 Å². The zero-order valence-electron chi connectivity index (χ0n) is 27.9. The predicted octanol–water partition coefficient (Wildman–Crippen LogP) is 7.70. The van der Waals surface area contributed by atoms with Gasteiger partial charge in [-0.25, -0.2) is 0 Å². The Labute approximate surface area is 284 Å². The van der Waals surface area contributed by atoms with Crippen molar-refractivity contribution in [2.24, 2.45) is 5.41 Å². The molecule has 254 valence electrons. The number of hydrogen-bond acceptors (Lipinski definition) is 9. The zero-order valence-corrected chi connectivity index (χ0v) is 27.9. The van der Waals surface area contributed by atoms with Gasteiger partial charge in [-0.3, -0.25) is 0 Å². The molecular weight excluding hydrogens is 624 g/mol. The Morgan fingerprint density at radius 3 is 1.82 bits per heavy atom. The van der Waals surface area contributed by atoms with Crippen LogP contribution in [0.1, 0.15) is 77.1 Å². The van der Waals surface area contributed by atoms with Gasteiger partial charge in [-0.1, -0.05) is 24.3 Å². The van der Waals surface area contributed by atoms with Crippen LogP contribution in [-0.4, -0.2) is 46.9 Å². The summed E-state index contributed by atoms with van der Waals surface area (Å²) in [5.74, 6) is 1.27. The molecule has 4 N–H and O–H groups in total. The maximum absolute atomic E-state index is 10.9. The minimum Gasteiger partial charge on any atom is -0.508 e. The highest BCUT2D eigenvalue weighted by Crippen LogP contribution is 2.73. The average Bonchev–Trinajstić information content (AvgIpc) is 3.76. The Kier molecular flexibility index (Phi) is 7.37. The van der Waals surface area contributed by atoms with Crippen molar-refractivity contribution in [3.05, 3.63) is 117 Å². The van der Waals surface area contributed by atoms with E-state index in [9.17, 15) is 20.4 Å². The number of methoxy groups -OCH3 is 2. The van der Waals surface area contributed by atoms with E-state index in [-0.39, 0.29) is 29.1 Å². The molecule has 4 aliphatic rings. The van der Waals surface area contributed by atoms with Gasteiger partial charge < -0.3 is 44.1 Å². The minimum absolute atomic E-state index is 0.0326. The molecule has 9 nitrogen and oxygen atoms in total. The van der Waals surface area contributed by atoms with Crippen LogP contribution in [0.4, 0.5) is 0 Å². The molecule has 3 heterocycles. The van der Waals surface area contributed by atoms with E-state index in [2.05, 4.69) is 0 Å². The molecule has 9 heteroatoms. The van der Waals surface area contributed by atoms with Crippen LogP contribution in [0.5, 0.6) is 34.5 Å². The topological polar surface area (TPSA) is 130 Å². The Morgan fingerprint density at radius 2 is 1.18 bits per heavy atom. The predicted molar refractivity (Wildman–Crippen MR) is 180 cm³/mol. The van der Waals surface area contributed by atoms with Crippen LogP contribution in [0.15, 0.2) is 83.9 Å². The lowest BCUT2D eigenvalue weighted by Crippen LogP contribution is -2.42. The highest BCUT2D eigenvalue weighted by atomic mass is 16.6. The number of phenols is 4. The van der Waals surface area contributed by atoms with Crippen molar-refractivity contribution in [3.8, 4) is 34.5 Å². The van der Waals surface area contributed by atoms with Crippen molar-refractivity contribution in [2.75, 3.05) is 20.8 Å². The molecule has 0 bridgehead atoms. The van der Waals surface area contributed by atoms with Gasteiger partial charge in [0, 0.05) is 5.41 Å². The standard InChI is InChI=1S/C40H40O9/c1-21-15-23(5-9-29(21)41)35-27-13-14-39(19-28(27)36(48-35)24-6-11-31(43)34(18-24)46-4)37(26-8-12-33(45-3)32(44)17-26)49-38(40(39)20-47-40)25-7-10-30(42)22(2)16-25/h5-12,15-18,35-38,41-44H,13-14,19-20H2,1-4H3/t35-,36+,37-,38+,39+,40+/m0/s1. The molecule has 1 aliphatic carbocycles. The molecule has 4 aromatic carbocycles. The van der Waals surface area contributed by atoms with Crippen LogP contribution in [0.2, 0.25) is 0 Å². The van der Waals surface area contributed by atoms with Crippen molar-refractivity contribution in [1.29, 1.82) is 0 Å². The highest BCUT2D eigenvalue weighted by Gasteiger charge is 2.75. The van der Waals surface area contributed by atoms with E-state index < -0.39 is 29.3 Å². The van der Waals surface area contributed by atoms with Crippen molar-refractivity contribution in [3.63, 3.8) is 0 Å². The number of benzene rings is 4. The molecular formula is C40H40O9. The molecule has 3 aliphatic heterocycles. The normalized spacial score (nSPS) is 28.7. The summed E-state index contributed by atoms with van der Waals surface area (Å²) < 4.78 is 31.5. The summed E-state index contributed by atoms with van der Waals surface area (Å²) in [5.41, 5.74) is 6.17. The number of ether oxygens (including phenoxy) is 5. The molecule has 2 saturated heterocycles. The van der Waals surface area contributed by atoms with Crippen molar-refractivity contribution in [2.45, 2.75) is 63.1 Å². The van der Waals surface area contributed by atoms with Crippen LogP contribution in [0.25, 0.3) is 0 Å². The largest absolute Gasteiger partial charge is 0.508 e. The average molecular weight is 665 g/mol. The number of aryl methyl sites for hydroxylation is 2. The van der Waals surface area contributed by atoms with Crippen LogP contribution in [0.3, 0.4) is 0 Å². The highest BCUT2D eigenvalue weighted by molar-refractivity contribution is 5.51. The first-order chi connectivity index (χ1) is 23.6. The smallest absolute Gasteiger partial charge is 0.160 e. The number of rotatable bonds is 6. The van der Waals surface area contributed by atoms with E-state index in [0.717, 1.165) is 45.4 Å². The van der Waals surface area contributed by atoms with Crippen LogP contribution >= 0.6 is 0 Å². The fraction of sp³-hybridized carbons (Fsp3) is 0.350. The number of fused-ring (bicyclic) bond motifs is 1. The summed E-state index contributed by atoms with van der Waals surface area (Å²) in [5, 5.41) is 42.1. The maximum Gasteiger partial charge on any atom is 0.160 e. The lowest BCUT2D eigenvalue weighted by atomic mass is 9.59. The van der Waals surface area contributed by atoms with Crippen molar-refractivity contribution >= 4 is 0 Å². The number of epoxide rings is 1. The first kappa shape index (κ1) is 31.6. The monoisotopic (exact) mass is 664 g/mol. The molecule has 0 aromatic heterocycles. The van der Waals surface area contributed by atoms with Crippen LogP contribution in [0, 0.1) is 19.3 Å². The number of hydrogen-bond donors (Lipinski definition) is 4. The molecule has 0 unspecified atom stereocenters. The summed E-state index contributed by atoms with van der Waals surface area (Å²) in [6.07, 6.45) is 0.373. The van der Waals surface area contributed by atoms with E-state index in [4.69, 9.17) is 23.7 Å². The Balaban J connectivity index is 1.29. The van der Waals surface area contributed by atoms with Gasteiger partial charge in [-0.15, -0.1) is 0 Å². The minimum atomic E-state index is -0.667. The van der Waals surface area contributed by atoms with Crippen molar-refractivity contribution in [1.82, 2.24) is 0 Å². The van der Waals surface area contributed by atoms with E-state index in [1.165, 1.54) is 19.8 Å². The first-order valence-corrected chi connectivity index (χ1v) is 16.6. The fourth-order valence-electron chi connectivity index (χ4n) is 8.60.